The molecular formula is C20H19FN2O4S2. The fraction of sp³-hybridized carbons (Fsp3) is 0.250. The number of amides is 1. The van der Waals surface area contributed by atoms with E-state index in [4.69, 9.17) is 10.5 Å². The van der Waals surface area contributed by atoms with Crippen molar-refractivity contribution >= 4 is 37.4 Å². The third kappa shape index (κ3) is 3.55. The molecule has 1 atom stereocenters. The number of aryl methyl sites for hydroxylation is 1. The van der Waals surface area contributed by atoms with Gasteiger partial charge in [0.1, 0.15) is 5.82 Å². The molecule has 152 valence electrons. The number of nitrogens with zero attached hydrogens (tertiary/aromatic N) is 1. The minimum Gasteiger partial charge on any atom is -0.371 e. The summed E-state index contributed by atoms with van der Waals surface area (Å²) >= 11 is 1.27. The number of carbonyl (C=O) groups excluding carboxylic acids is 1. The minimum absolute atomic E-state index is 0.0300. The molecule has 0 unspecified atom stereocenters. The van der Waals surface area contributed by atoms with Gasteiger partial charge in [0, 0.05) is 23.4 Å². The lowest BCUT2D eigenvalue weighted by Gasteiger charge is -2.32. The van der Waals surface area contributed by atoms with Crippen molar-refractivity contribution in [1.29, 1.82) is 0 Å². The molecule has 0 spiro atoms. The molecule has 9 heteroatoms. The van der Waals surface area contributed by atoms with E-state index in [2.05, 4.69) is 0 Å². The van der Waals surface area contributed by atoms with Gasteiger partial charge in [0.2, 0.25) is 10.0 Å². The Kier molecular flexibility index (Phi) is 5.16. The summed E-state index contributed by atoms with van der Waals surface area (Å²) in [7, 11) is -3.84. The number of carbonyl (C=O) groups is 1. The van der Waals surface area contributed by atoms with Gasteiger partial charge in [-0.05, 0) is 42.1 Å². The first-order chi connectivity index (χ1) is 13.8. The zero-order valence-electron chi connectivity index (χ0n) is 15.6. The van der Waals surface area contributed by atoms with Crippen molar-refractivity contribution in [3.05, 3.63) is 64.3 Å². The predicted octanol–water partition coefficient (Wildman–Crippen LogP) is 3.21. The summed E-state index contributed by atoms with van der Waals surface area (Å²) in [6, 6.07) is 11.2. The maximum absolute atomic E-state index is 13.6. The number of benzene rings is 2. The number of hydrogen-bond acceptors (Lipinski definition) is 5. The molecule has 1 aliphatic heterocycles. The van der Waals surface area contributed by atoms with Gasteiger partial charge in [-0.2, -0.15) is 4.31 Å². The summed E-state index contributed by atoms with van der Waals surface area (Å²) in [5.74, 6) is -1.03. The summed E-state index contributed by atoms with van der Waals surface area (Å²) in [5.41, 5.74) is 6.45. The Morgan fingerprint density at radius 1 is 1.28 bits per heavy atom. The van der Waals surface area contributed by atoms with E-state index >= 15 is 0 Å². The van der Waals surface area contributed by atoms with Crippen LogP contribution >= 0.6 is 11.3 Å². The van der Waals surface area contributed by atoms with Gasteiger partial charge in [0.25, 0.3) is 5.91 Å². The van der Waals surface area contributed by atoms with E-state index in [9.17, 15) is 17.6 Å². The standard InChI is InChI=1S/C20H19FN2O4S2/c1-12-10-13(6-7-15(12)21)29(25,26)23-8-9-27-16(11-23)18-14-4-2-3-5-17(14)28-19(18)20(22)24/h2-7,10,16H,8-9,11H2,1H3,(H2,22,24)/t16-/m0/s1. The molecule has 3 aromatic rings. The topological polar surface area (TPSA) is 89.7 Å². The van der Waals surface area contributed by atoms with Crippen molar-refractivity contribution < 1.29 is 22.3 Å². The van der Waals surface area contributed by atoms with Crippen LogP contribution in [0.15, 0.2) is 47.4 Å². The average molecular weight is 435 g/mol. The molecule has 1 saturated heterocycles. The Bertz CT molecular complexity index is 1210. The number of halogens is 1. The number of rotatable bonds is 4. The molecule has 1 aliphatic rings. The zero-order valence-corrected chi connectivity index (χ0v) is 17.2. The van der Waals surface area contributed by atoms with Crippen LogP contribution in [0.4, 0.5) is 4.39 Å². The highest BCUT2D eigenvalue weighted by Gasteiger charge is 2.34. The summed E-state index contributed by atoms with van der Waals surface area (Å²) in [6.07, 6.45) is -0.626. The lowest BCUT2D eigenvalue weighted by Crippen LogP contribution is -2.42. The first-order valence-corrected chi connectivity index (χ1v) is 11.2. The summed E-state index contributed by atoms with van der Waals surface area (Å²) < 4.78 is 47.8. The lowest BCUT2D eigenvalue weighted by atomic mass is 10.0. The van der Waals surface area contributed by atoms with E-state index in [-0.39, 0.29) is 30.2 Å². The number of sulfonamides is 1. The van der Waals surface area contributed by atoms with Crippen LogP contribution in [0.5, 0.6) is 0 Å². The summed E-state index contributed by atoms with van der Waals surface area (Å²) in [4.78, 5) is 12.4. The van der Waals surface area contributed by atoms with Gasteiger partial charge in [-0.25, -0.2) is 12.8 Å². The second kappa shape index (κ2) is 7.49. The molecule has 1 aromatic heterocycles. The molecule has 1 fully saturated rings. The quantitative estimate of drug-likeness (QED) is 0.683. The van der Waals surface area contributed by atoms with Gasteiger partial charge in [0.15, 0.2) is 0 Å². The Labute approximate surface area is 171 Å². The van der Waals surface area contributed by atoms with Crippen LogP contribution in [0, 0.1) is 12.7 Å². The normalized spacial score (nSPS) is 18.2. The smallest absolute Gasteiger partial charge is 0.259 e. The van der Waals surface area contributed by atoms with Crippen LogP contribution in [0.3, 0.4) is 0 Å². The molecule has 0 bridgehead atoms. The van der Waals surface area contributed by atoms with E-state index in [1.807, 2.05) is 24.3 Å². The van der Waals surface area contributed by atoms with E-state index in [0.717, 1.165) is 16.2 Å². The molecule has 4 rings (SSSR count). The van der Waals surface area contributed by atoms with Crippen molar-refractivity contribution in [3.63, 3.8) is 0 Å². The SMILES string of the molecule is Cc1cc(S(=O)(=O)N2CCO[C@H](c3c(C(N)=O)sc4ccccc34)C2)ccc1F. The van der Waals surface area contributed by atoms with Gasteiger partial charge in [0.05, 0.1) is 22.5 Å². The van der Waals surface area contributed by atoms with E-state index < -0.39 is 27.9 Å². The van der Waals surface area contributed by atoms with Gasteiger partial charge in [-0.3, -0.25) is 4.79 Å². The zero-order chi connectivity index (χ0) is 20.8. The number of primary amides is 1. The molecule has 1 amide bonds. The number of fused-ring (bicyclic) bond motifs is 1. The molecule has 0 aliphatic carbocycles. The van der Waals surface area contributed by atoms with Crippen molar-refractivity contribution in [2.75, 3.05) is 19.7 Å². The predicted molar refractivity (Wildman–Crippen MR) is 109 cm³/mol. The number of ether oxygens (including phenoxy) is 1. The molecule has 2 N–H and O–H groups in total. The summed E-state index contributed by atoms with van der Waals surface area (Å²) in [5, 5.41) is 0.827. The van der Waals surface area contributed by atoms with Crippen molar-refractivity contribution in [2.45, 2.75) is 17.9 Å². The van der Waals surface area contributed by atoms with Crippen LogP contribution in [0.25, 0.3) is 10.1 Å². The van der Waals surface area contributed by atoms with Gasteiger partial charge in [-0.15, -0.1) is 11.3 Å². The summed E-state index contributed by atoms with van der Waals surface area (Å²) in [6.45, 7) is 1.91. The van der Waals surface area contributed by atoms with Gasteiger partial charge < -0.3 is 10.5 Å². The Hall–Kier alpha value is -2.33. The molecule has 29 heavy (non-hydrogen) atoms. The van der Waals surface area contributed by atoms with Crippen molar-refractivity contribution in [2.24, 2.45) is 5.73 Å². The highest BCUT2D eigenvalue weighted by atomic mass is 32.2. The monoisotopic (exact) mass is 434 g/mol. The first-order valence-electron chi connectivity index (χ1n) is 8.98. The Balaban J connectivity index is 1.72. The second-order valence-electron chi connectivity index (χ2n) is 6.84. The molecule has 2 heterocycles. The minimum atomic E-state index is -3.84. The van der Waals surface area contributed by atoms with Crippen LogP contribution < -0.4 is 5.73 Å². The molecule has 2 aromatic carbocycles. The van der Waals surface area contributed by atoms with Gasteiger partial charge in [-0.1, -0.05) is 18.2 Å². The van der Waals surface area contributed by atoms with Crippen LogP contribution in [-0.4, -0.2) is 38.3 Å². The Morgan fingerprint density at radius 3 is 2.76 bits per heavy atom. The van der Waals surface area contributed by atoms with E-state index in [1.165, 1.54) is 34.7 Å². The molecule has 0 saturated carbocycles. The fourth-order valence-corrected chi connectivity index (χ4v) is 6.13. The van der Waals surface area contributed by atoms with E-state index in [0.29, 0.717) is 10.4 Å². The third-order valence-corrected chi connectivity index (χ3v) is 8.04. The van der Waals surface area contributed by atoms with Crippen LogP contribution in [0.1, 0.15) is 26.9 Å². The highest BCUT2D eigenvalue weighted by Crippen LogP contribution is 2.38. The number of hydrogen-bond donors (Lipinski definition) is 1. The number of thiophene rings is 1. The highest BCUT2D eigenvalue weighted by molar-refractivity contribution is 7.89. The maximum Gasteiger partial charge on any atom is 0.259 e. The van der Waals surface area contributed by atoms with Crippen LogP contribution in [0.2, 0.25) is 0 Å². The van der Waals surface area contributed by atoms with Crippen molar-refractivity contribution in [1.82, 2.24) is 4.31 Å². The second-order valence-corrected chi connectivity index (χ2v) is 9.83. The van der Waals surface area contributed by atoms with Crippen molar-refractivity contribution in [3.8, 4) is 0 Å². The Morgan fingerprint density at radius 2 is 2.03 bits per heavy atom. The first kappa shape index (κ1) is 20.0. The van der Waals surface area contributed by atoms with Crippen LogP contribution in [-0.2, 0) is 14.8 Å². The number of morpholine rings is 1. The lowest BCUT2D eigenvalue weighted by molar-refractivity contribution is -0.00189. The average Bonchev–Trinajstić information content (AvgIpc) is 3.10. The molecular weight excluding hydrogens is 415 g/mol. The van der Waals surface area contributed by atoms with E-state index in [1.54, 1.807) is 0 Å². The number of nitrogens with two attached hydrogens (primary N) is 1. The maximum atomic E-state index is 13.6. The fourth-order valence-electron chi connectivity index (χ4n) is 3.51. The molecule has 6 nitrogen and oxygen atoms in total. The third-order valence-electron chi connectivity index (χ3n) is 4.98. The van der Waals surface area contributed by atoms with Gasteiger partial charge >= 0.3 is 0 Å². The molecule has 0 radical (unpaired) electrons. The largest absolute Gasteiger partial charge is 0.371 e.